The number of rotatable bonds is 48. The Kier molecular flexibility index (Phi) is 47.3. The van der Waals surface area contributed by atoms with E-state index in [0.29, 0.717) is 19.3 Å². The number of allylic oxidation sites excluding steroid dienone is 2. The average Bonchev–Trinajstić information content (AvgIpc) is 3.23. The zero-order chi connectivity index (χ0) is 43.0. The van der Waals surface area contributed by atoms with Crippen molar-refractivity contribution < 1.29 is 28.6 Å². The van der Waals surface area contributed by atoms with Gasteiger partial charge in [-0.25, -0.2) is 0 Å². The van der Waals surface area contributed by atoms with Crippen LogP contribution in [-0.2, 0) is 28.6 Å². The second-order valence-corrected chi connectivity index (χ2v) is 17.8. The van der Waals surface area contributed by atoms with Gasteiger partial charge in [0.15, 0.2) is 6.10 Å². The van der Waals surface area contributed by atoms with Crippen molar-refractivity contribution in [2.75, 3.05) is 13.2 Å². The van der Waals surface area contributed by atoms with Crippen LogP contribution in [0, 0.1) is 0 Å². The Hall–Kier alpha value is -1.85. The highest BCUT2D eigenvalue weighted by atomic mass is 16.6. The number of esters is 3. The number of hydrogen-bond donors (Lipinski definition) is 0. The summed E-state index contributed by atoms with van der Waals surface area (Å²) >= 11 is 0. The van der Waals surface area contributed by atoms with E-state index in [2.05, 4.69) is 32.9 Å². The fourth-order valence-electron chi connectivity index (χ4n) is 7.79. The first-order chi connectivity index (χ1) is 29.0. The van der Waals surface area contributed by atoms with Crippen molar-refractivity contribution in [1.29, 1.82) is 0 Å². The fourth-order valence-corrected chi connectivity index (χ4v) is 7.79. The average molecular weight is 833 g/mol. The molecule has 0 amide bonds. The topological polar surface area (TPSA) is 78.9 Å². The molecule has 0 aliphatic rings. The van der Waals surface area contributed by atoms with E-state index in [1.165, 1.54) is 186 Å². The van der Waals surface area contributed by atoms with E-state index in [1.54, 1.807) is 0 Å². The summed E-state index contributed by atoms with van der Waals surface area (Å²) in [4.78, 5) is 37.9. The van der Waals surface area contributed by atoms with Gasteiger partial charge in [-0.15, -0.1) is 0 Å². The normalized spacial score (nSPS) is 12.0. The lowest BCUT2D eigenvalue weighted by Gasteiger charge is -2.18. The van der Waals surface area contributed by atoms with Crippen molar-refractivity contribution in [1.82, 2.24) is 0 Å². The van der Waals surface area contributed by atoms with Gasteiger partial charge in [0.25, 0.3) is 0 Å². The molecule has 0 bridgehead atoms. The third-order valence-corrected chi connectivity index (χ3v) is 11.8. The minimum Gasteiger partial charge on any atom is -0.462 e. The molecule has 0 rings (SSSR count). The number of unbranched alkanes of at least 4 members (excludes halogenated alkanes) is 35. The third kappa shape index (κ3) is 47.1. The van der Waals surface area contributed by atoms with Gasteiger partial charge in [-0.3, -0.25) is 14.4 Å². The predicted molar refractivity (Wildman–Crippen MR) is 252 cm³/mol. The lowest BCUT2D eigenvalue weighted by molar-refractivity contribution is -0.167. The molecule has 1 atom stereocenters. The summed E-state index contributed by atoms with van der Waals surface area (Å²) in [5.74, 6) is -0.863. The largest absolute Gasteiger partial charge is 0.462 e. The molecule has 0 aliphatic carbocycles. The van der Waals surface area contributed by atoms with Gasteiger partial charge in [0.1, 0.15) is 13.2 Å². The molecule has 0 radical (unpaired) electrons. The van der Waals surface area contributed by atoms with Crippen molar-refractivity contribution in [3.8, 4) is 0 Å². The Morgan fingerprint density at radius 3 is 0.881 bits per heavy atom. The molecular formula is C53H100O6. The maximum atomic E-state index is 12.7. The van der Waals surface area contributed by atoms with Gasteiger partial charge in [0.2, 0.25) is 0 Å². The molecule has 0 saturated heterocycles. The van der Waals surface area contributed by atoms with Crippen LogP contribution in [0.4, 0.5) is 0 Å². The molecule has 0 aliphatic heterocycles. The van der Waals surface area contributed by atoms with Crippen molar-refractivity contribution in [2.45, 2.75) is 297 Å². The number of ether oxygens (including phenoxy) is 3. The van der Waals surface area contributed by atoms with Gasteiger partial charge in [-0.05, 0) is 44.9 Å². The first-order valence-corrected chi connectivity index (χ1v) is 26.2. The van der Waals surface area contributed by atoms with Crippen molar-refractivity contribution in [3.05, 3.63) is 12.2 Å². The lowest BCUT2D eigenvalue weighted by atomic mass is 10.0. The summed E-state index contributed by atoms with van der Waals surface area (Å²) in [6, 6.07) is 0. The van der Waals surface area contributed by atoms with E-state index in [4.69, 9.17) is 14.2 Å². The van der Waals surface area contributed by atoms with Crippen LogP contribution in [0.3, 0.4) is 0 Å². The molecule has 0 spiro atoms. The van der Waals surface area contributed by atoms with Gasteiger partial charge < -0.3 is 14.2 Å². The highest BCUT2D eigenvalue weighted by molar-refractivity contribution is 5.71. The molecular weight excluding hydrogens is 733 g/mol. The summed E-state index contributed by atoms with van der Waals surface area (Å²) in [5, 5.41) is 0. The third-order valence-electron chi connectivity index (χ3n) is 11.8. The summed E-state index contributed by atoms with van der Waals surface area (Å²) in [7, 11) is 0. The van der Waals surface area contributed by atoms with Crippen molar-refractivity contribution >= 4 is 17.9 Å². The predicted octanol–water partition coefficient (Wildman–Crippen LogP) is 17.0. The van der Waals surface area contributed by atoms with E-state index in [9.17, 15) is 14.4 Å². The summed E-state index contributed by atoms with van der Waals surface area (Å²) in [6.45, 7) is 6.63. The summed E-state index contributed by atoms with van der Waals surface area (Å²) in [6.07, 6.45) is 53.4. The standard InChI is InChI=1S/C53H100O6/c1-4-7-10-13-16-19-22-24-25-26-27-28-29-30-32-34-37-40-43-46-52(55)58-49-50(48-57-51(54)45-42-39-36-33-21-18-15-12-9-6-3)59-53(56)47-44-41-38-35-31-23-20-17-14-11-8-5-2/h17,20,50H,4-16,18-19,21-49H2,1-3H3/b20-17-/t50-/m1/s1. The molecule has 0 heterocycles. The van der Waals surface area contributed by atoms with Crippen LogP contribution in [0.25, 0.3) is 0 Å². The Morgan fingerprint density at radius 1 is 0.322 bits per heavy atom. The molecule has 0 unspecified atom stereocenters. The van der Waals surface area contributed by atoms with Crippen molar-refractivity contribution in [3.63, 3.8) is 0 Å². The van der Waals surface area contributed by atoms with Gasteiger partial charge in [-0.2, -0.15) is 0 Å². The second kappa shape index (κ2) is 48.8. The summed E-state index contributed by atoms with van der Waals surface area (Å²) < 4.78 is 16.8. The molecule has 59 heavy (non-hydrogen) atoms. The highest BCUT2D eigenvalue weighted by Gasteiger charge is 2.19. The van der Waals surface area contributed by atoms with Crippen molar-refractivity contribution in [2.24, 2.45) is 0 Å². The monoisotopic (exact) mass is 833 g/mol. The van der Waals surface area contributed by atoms with Gasteiger partial charge in [0, 0.05) is 19.3 Å². The fraction of sp³-hybridized carbons (Fsp3) is 0.906. The summed E-state index contributed by atoms with van der Waals surface area (Å²) in [5.41, 5.74) is 0. The number of carbonyl (C=O) groups is 3. The Balaban J connectivity index is 4.24. The zero-order valence-electron chi connectivity index (χ0n) is 39.8. The van der Waals surface area contributed by atoms with E-state index in [-0.39, 0.29) is 31.1 Å². The molecule has 0 aromatic heterocycles. The first-order valence-electron chi connectivity index (χ1n) is 26.2. The van der Waals surface area contributed by atoms with Crippen LogP contribution in [-0.4, -0.2) is 37.2 Å². The van der Waals surface area contributed by atoms with E-state index < -0.39 is 6.10 Å². The smallest absolute Gasteiger partial charge is 0.306 e. The van der Waals surface area contributed by atoms with Gasteiger partial charge >= 0.3 is 17.9 Å². The van der Waals surface area contributed by atoms with Crippen LogP contribution in [0.2, 0.25) is 0 Å². The second-order valence-electron chi connectivity index (χ2n) is 17.8. The van der Waals surface area contributed by atoms with Crippen LogP contribution in [0.15, 0.2) is 12.2 Å². The molecule has 0 aromatic carbocycles. The molecule has 0 aromatic rings. The Bertz CT molecular complexity index is 916. The Morgan fingerprint density at radius 2 is 0.559 bits per heavy atom. The molecule has 0 fully saturated rings. The van der Waals surface area contributed by atoms with Crippen LogP contribution in [0.5, 0.6) is 0 Å². The van der Waals surface area contributed by atoms with Crippen LogP contribution >= 0.6 is 0 Å². The lowest BCUT2D eigenvalue weighted by Crippen LogP contribution is -2.30. The first kappa shape index (κ1) is 57.1. The maximum absolute atomic E-state index is 12.7. The molecule has 348 valence electrons. The van der Waals surface area contributed by atoms with Gasteiger partial charge in [-0.1, -0.05) is 238 Å². The number of carbonyl (C=O) groups excluding carboxylic acids is 3. The zero-order valence-corrected chi connectivity index (χ0v) is 39.8. The molecule has 6 nitrogen and oxygen atoms in total. The van der Waals surface area contributed by atoms with Crippen LogP contribution in [0.1, 0.15) is 290 Å². The Labute approximate surface area is 367 Å². The highest BCUT2D eigenvalue weighted by Crippen LogP contribution is 2.16. The van der Waals surface area contributed by atoms with E-state index >= 15 is 0 Å². The number of hydrogen-bond acceptors (Lipinski definition) is 6. The molecule has 0 saturated carbocycles. The maximum Gasteiger partial charge on any atom is 0.306 e. The van der Waals surface area contributed by atoms with E-state index in [1.807, 2.05) is 0 Å². The minimum atomic E-state index is -0.766. The molecule has 0 N–H and O–H groups in total. The minimum absolute atomic E-state index is 0.0683. The van der Waals surface area contributed by atoms with Crippen LogP contribution < -0.4 is 0 Å². The van der Waals surface area contributed by atoms with E-state index in [0.717, 1.165) is 64.2 Å². The van der Waals surface area contributed by atoms with Gasteiger partial charge in [0.05, 0.1) is 0 Å². The quantitative estimate of drug-likeness (QED) is 0.0263. The SMILES string of the molecule is CCCCC/C=C\CCCCCCCC(=O)O[C@H](COC(=O)CCCCCCCCCCCC)COC(=O)CCCCCCCCCCCCCCCCCCCCC. The molecule has 6 heteroatoms.